The highest BCUT2D eigenvalue weighted by atomic mass is 127. The monoisotopic (exact) mass is 631 g/mol. The third-order valence-electron chi connectivity index (χ3n) is 6.31. The maximum Gasteiger partial charge on any atom is 0.410 e. The van der Waals surface area contributed by atoms with Crippen molar-refractivity contribution in [3.05, 3.63) is 59.9 Å². The highest BCUT2D eigenvalue weighted by Crippen LogP contribution is 2.26. The molecule has 1 N–H and O–H groups in total. The predicted molar refractivity (Wildman–Crippen MR) is 144 cm³/mol. The van der Waals surface area contributed by atoms with Crippen molar-refractivity contribution in [3.8, 4) is 0 Å². The number of carbonyl (C=O) groups excluding carboxylic acids is 2. The smallest absolute Gasteiger partial charge is 0.410 e. The first-order valence-electron chi connectivity index (χ1n) is 11.6. The Bertz CT molecular complexity index is 1160. The number of benzene rings is 2. The molecule has 0 aliphatic carbocycles. The second kappa shape index (κ2) is 12.7. The molecular formula is C25H31FIN3O5S. The van der Waals surface area contributed by atoms with Gasteiger partial charge in [-0.2, -0.15) is 0 Å². The highest BCUT2D eigenvalue weighted by Gasteiger charge is 2.38. The molecular weight excluding hydrogens is 600 g/mol. The van der Waals surface area contributed by atoms with E-state index in [2.05, 4.69) is 27.9 Å². The van der Waals surface area contributed by atoms with Crippen LogP contribution in [0, 0.1) is 5.82 Å². The fraction of sp³-hybridized carbons (Fsp3) is 0.440. The summed E-state index contributed by atoms with van der Waals surface area (Å²) in [4.78, 5) is 30.7. The average molecular weight is 632 g/mol. The van der Waals surface area contributed by atoms with Crippen LogP contribution in [-0.2, 0) is 26.0 Å². The van der Waals surface area contributed by atoms with Crippen LogP contribution in [0.1, 0.15) is 24.8 Å². The molecule has 4 rings (SSSR count). The van der Waals surface area contributed by atoms with E-state index in [0.29, 0.717) is 38.9 Å². The minimum atomic E-state index is -3.51. The number of rotatable bonds is 6. The largest absolute Gasteiger partial charge is 0.445 e. The van der Waals surface area contributed by atoms with Crippen molar-refractivity contribution in [2.24, 2.45) is 0 Å². The fourth-order valence-electron chi connectivity index (χ4n) is 4.40. The molecule has 1 atom stereocenters. The van der Waals surface area contributed by atoms with Gasteiger partial charge < -0.3 is 19.9 Å². The van der Waals surface area contributed by atoms with Crippen molar-refractivity contribution in [1.29, 1.82) is 0 Å². The van der Waals surface area contributed by atoms with Crippen molar-refractivity contribution < 1.29 is 27.1 Å². The van der Waals surface area contributed by atoms with Crippen LogP contribution in [0.4, 0.5) is 14.9 Å². The normalized spacial score (nSPS) is 18.4. The lowest BCUT2D eigenvalue weighted by Gasteiger charge is -2.36. The Morgan fingerprint density at radius 2 is 1.75 bits per heavy atom. The third kappa shape index (κ3) is 7.09. The molecule has 2 amide bonds. The number of alkyl halides is 1. The van der Waals surface area contributed by atoms with Crippen LogP contribution in [-0.4, -0.2) is 73.1 Å². The van der Waals surface area contributed by atoms with E-state index in [1.807, 2.05) is 35.3 Å². The molecule has 11 heteroatoms. The number of piperidine rings is 1. The topological polar surface area (TPSA) is 96.0 Å². The van der Waals surface area contributed by atoms with Crippen LogP contribution >= 0.6 is 22.6 Å². The molecule has 0 unspecified atom stereocenters. The number of halogens is 2. The zero-order valence-corrected chi connectivity index (χ0v) is 23.3. The zero-order valence-electron chi connectivity index (χ0n) is 20.3. The van der Waals surface area contributed by atoms with Crippen molar-refractivity contribution in [2.75, 3.05) is 36.1 Å². The van der Waals surface area contributed by atoms with Gasteiger partial charge in [0.1, 0.15) is 18.5 Å². The number of anilines is 1. The maximum absolute atomic E-state index is 14.4. The molecule has 8 nitrogen and oxygen atoms in total. The number of sulfone groups is 1. The summed E-state index contributed by atoms with van der Waals surface area (Å²) >= 11 is 2.15. The molecule has 0 aromatic heterocycles. The molecule has 2 aromatic rings. The van der Waals surface area contributed by atoms with Crippen LogP contribution in [0.25, 0.3) is 0 Å². The molecule has 2 heterocycles. The molecule has 196 valence electrons. The number of carbonyl (C=O) groups is 2. The molecule has 2 saturated heterocycles. The van der Waals surface area contributed by atoms with E-state index >= 15 is 0 Å². The number of ether oxygens (including phenoxy) is 1. The minimum absolute atomic E-state index is 0.00920. The summed E-state index contributed by atoms with van der Waals surface area (Å²) in [6.45, 7) is 1.77. The summed E-state index contributed by atoms with van der Waals surface area (Å²) in [7, 11) is -3.51. The molecule has 2 fully saturated rings. The van der Waals surface area contributed by atoms with Gasteiger partial charge in [0.15, 0.2) is 9.84 Å². The lowest BCUT2D eigenvalue weighted by molar-refractivity contribution is -0.131. The first kappa shape index (κ1) is 28.2. The standard InChI is InChI=1S/C24H28FN3O5S.CH3I/c1-34(31,32)19-7-8-21(20(25)15-19)26-22-11-14-28(23(22)29)18-9-12-27(13-10-18)24(30)33-16-17-5-3-2-4-6-17;1-2/h2-8,15,18,22,26H,9-14,16H2,1H3;1H3/t22-;/m0./s1. The summed E-state index contributed by atoms with van der Waals surface area (Å²) in [5, 5.41) is 2.92. The second-order valence-corrected chi connectivity index (χ2v) is 10.7. The molecule has 0 spiro atoms. The Balaban J connectivity index is 0.00000176. The maximum atomic E-state index is 14.4. The lowest BCUT2D eigenvalue weighted by atomic mass is 10.0. The zero-order chi connectivity index (χ0) is 26.3. The number of nitrogens with one attached hydrogen (secondary N) is 1. The van der Waals surface area contributed by atoms with Gasteiger partial charge in [0, 0.05) is 31.9 Å². The molecule has 2 aromatic carbocycles. The summed E-state index contributed by atoms with van der Waals surface area (Å²) in [5.74, 6) is -0.826. The van der Waals surface area contributed by atoms with Gasteiger partial charge in [-0.15, -0.1) is 0 Å². The van der Waals surface area contributed by atoms with Gasteiger partial charge in [-0.05, 0) is 48.0 Å². The van der Waals surface area contributed by atoms with Gasteiger partial charge in [0.25, 0.3) is 0 Å². The van der Waals surface area contributed by atoms with Crippen molar-refractivity contribution >= 4 is 50.1 Å². The highest BCUT2D eigenvalue weighted by molar-refractivity contribution is 14.1. The molecule has 2 aliphatic heterocycles. The van der Waals surface area contributed by atoms with Crippen LogP contribution in [0.3, 0.4) is 0 Å². The van der Waals surface area contributed by atoms with Crippen molar-refractivity contribution in [2.45, 2.75) is 42.8 Å². The van der Waals surface area contributed by atoms with Crippen LogP contribution in [0.15, 0.2) is 53.4 Å². The minimum Gasteiger partial charge on any atom is -0.445 e. The molecule has 0 saturated carbocycles. The van der Waals surface area contributed by atoms with Gasteiger partial charge >= 0.3 is 6.09 Å². The number of nitrogens with zero attached hydrogens (tertiary/aromatic N) is 2. The fourth-order valence-corrected chi connectivity index (χ4v) is 5.03. The number of hydrogen-bond donors (Lipinski definition) is 1. The number of amides is 2. The predicted octanol–water partition coefficient (Wildman–Crippen LogP) is 4.09. The Labute approximate surface area is 225 Å². The van der Waals surface area contributed by atoms with Crippen LogP contribution in [0.2, 0.25) is 0 Å². The number of likely N-dealkylation sites (tertiary alicyclic amines) is 2. The van der Waals surface area contributed by atoms with E-state index in [-0.39, 0.29) is 35.2 Å². The van der Waals surface area contributed by atoms with E-state index in [4.69, 9.17) is 4.74 Å². The van der Waals surface area contributed by atoms with Crippen LogP contribution in [0.5, 0.6) is 0 Å². The summed E-state index contributed by atoms with van der Waals surface area (Å²) < 4.78 is 43.0. The molecule has 2 aliphatic rings. The van der Waals surface area contributed by atoms with E-state index in [9.17, 15) is 22.4 Å². The van der Waals surface area contributed by atoms with Crippen LogP contribution < -0.4 is 5.32 Å². The quantitative estimate of drug-likeness (QED) is 0.382. The van der Waals surface area contributed by atoms with Crippen molar-refractivity contribution in [1.82, 2.24) is 9.80 Å². The summed E-state index contributed by atoms with van der Waals surface area (Å²) in [6.07, 6.45) is 2.47. The summed E-state index contributed by atoms with van der Waals surface area (Å²) in [6, 6.07) is 12.5. The van der Waals surface area contributed by atoms with E-state index in [1.165, 1.54) is 12.1 Å². The van der Waals surface area contributed by atoms with Gasteiger partial charge in [-0.25, -0.2) is 17.6 Å². The van der Waals surface area contributed by atoms with Gasteiger partial charge in [0.2, 0.25) is 5.91 Å². The number of hydrogen-bond acceptors (Lipinski definition) is 6. The molecule has 36 heavy (non-hydrogen) atoms. The Morgan fingerprint density at radius 3 is 2.36 bits per heavy atom. The lowest BCUT2D eigenvalue weighted by Crippen LogP contribution is -2.48. The Hall–Kier alpha value is -2.41. The molecule has 0 bridgehead atoms. The Kier molecular flexibility index (Phi) is 9.94. The SMILES string of the molecule is CI.CS(=O)(=O)c1ccc(N[C@H]2CCN(C3CCN(C(=O)OCc4ccccc4)CC3)C2=O)c(F)c1. The molecule has 0 radical (unpaired) electrons. The van der Waals surface area contributed by atoms with Gasteiger partial charge in [-0.3, -0.25) is 4.79 Å². The van der Waals surface area contributed by atoms with Crippen molar-refractivity contribution in [3.63, 3.8) is 0 Å². The van der Waals surface area contributed by atoms with E-state index in [0.717, 1.165) is 17.9 Å². The van der Waals surface area contributed by atoms with Gasteiger partial charge in [0.05, 0.1) is 10.6 Å². The summed E-state index contributed by atoms with van der Waals surface area (Å²) in [5.41, 5.74) is 1.03. The van der Waals surface area contributed by atoms with E-state index in [1.54, 1.807) is 9.80 Å². The Morgan fingerprint density at radius 1 is 1.08 bits per heavy atom. The van der Waals surface area contributed by atoms with E-state index < -0.39 is 21.7 Å². The first-order chi connectivity index (χ1) is 17.2. The van der Waals surface area contributed by atoms with Gasteiger partial charge in [-0.1, -0.05) is 52.9 Å². The average Bonchev–Trinajstić information content (AvgIpc) is 3.25. The second-order valence-electron chi connectivity index (χ2n) is 8.69. The third-order valence-corrected chi connectivity index (χ3v) is 7.42. The first-order valence-corrected chi connectivity index (χ1v) is 15.7.